The van der Waals surface area contributed by atoms with E-state index in [0.29, 0.717) is 24.1 Å². The molecule has 0 unspecified atom stereocenters. The maximum absolute atomic E-state index is 5.86. The van der Waals surface area contributed by atoms with Crippen LogP contribution in [-0.4, -0.2) is 17.1 Å². The van der Waals surface area contributed by atoms with Crippen LogP contribution in [0.4, 0.5) is 5.82 Å². The molecule has 0 amide bonds. The van der Waals surface area contributed by atoms with Crippen molar-refractivity contribution in [3.63, 3.8) is 0 Å². The van der Waals surface area contributed by atoms with Crippen molar-refractivity contribution in [1.29, 1.82) is 0 Å². The fraction of sp³-hybridized carbons (Fsp3) is 0.333. The fourth-order valence-corrected chi connectivity index (χ4v) is 1.73. The van der Waals surface area contributed by atoms with Crippen molar-refractivity contribution in [3.05, 3.63) is 41.2 Å². The SMILES string of the molecule is CCc1nc(N)c(C)c(OCc2ccc(OC)cc2)n1. The van der Waals surface area contributed by atoms with E-state index in [2.05, 4.69) is 9.97 Å². The number of benzene rings is 1. The number of ether oxygens (including phenoxy) is 2. The highest BCUT2D eigenvalue weighted by atomic mass is 16.5. The van der Waals surface area contributed by atoms with Gasteiger partial charge in [0.1, 0.15) is 24.0 Å². The topological polar surface area (TPSA) is 70.3 Å². The van der Waals surface area contributed by atoms with Gasteiger partial charge in [-0.15, -0.1) is 0 Å². The summed E-state index contributed by atoms with van der Waals surface area (Å²) < 4.78 is 10.9. The number of aryl methyl sites for hydroxylation is 1. The van der Waals surface area contributed by atoms with E-state index in [1.165, 1.54) is 0 Å². The van der Waals surface area contributed by atoms with Gasteiger partial charge in [-0.1, -0.05) is 19.1 Å². The van der Waals surface area contributed by atoms with Gasteiger partial charge in [-0.05, 0) is 24.6 Å². The van der Waals surface area contributed by atoms with Crippen LogP contribution in [-0.2, 0) is 13.0 Å². The Labute approximate surface area is 118 Å². The molecule has 2 rings (SSSR count). The number of anilines is 1. The van der Waals surface area contributed by atoms with Crippen molar-refractivity contribution in [2.45, 2.75) is 26.9 Å². The van der Waals surface area contributed by atoms with Crippen molar-refractivity contribution < 1.29 is 9.47 Å². The van der Waals surface area contributed by atoms with Crippen molar-refractivity contribution in [2.75, 3.05) is 12.8 Å². The Morgan fingerprint density at radius 1 is 1.15 bits per heavy atom. The highest BCUT2D eigenvalue weighted by molar-refractivity contribution is 5.44. The Balaban J connectivity index is 2.11. The zero-order chi connectivity index (χ0) is 14.5. The van der Waals surface area contributed by atoms with Gasteiger partial charge in [-0.2, -0.15) is 4.98 Å². The van der Waals surface area contributed by atoms with Crippen LogP contribution >= 0.6 is 0 Å². The first kappa shape index (κ1) is 14.1. The quantitative estimate of drug-likeness (QED) is 0.906. The number of hydrogen-bond donors (Lipinski definition) is 1. The molecule has 0 aliphatic heterocycles. The first-order chi connectivity index (χ1) is 9.63. The number of nitrogen functional groups attached to an aromatic ring is 1. The molecule has 0 saturated carbocycles. The van der Waals surface area contributed by atoms with E-state index in [0.717, 1.165) is 23.3 Å². The molecule has 0 radical (unpaired) electrons. The lowest BCUT2D eigenvalue weighted by molar-refractivity contribution is 0.290. The van der Waals surface area contributed by atoms with Crippen molar-refractivity contribution in [3.8, 4) is 11.6 Å². The molecular formula is C15H19N3O2. The van der Waals surface area contributed by atoms with Crippen LogP contribution in [0.1, 0.15) is 23.9 Å². The van der Waals surface area contributed by atoms with Crippen LogP contribution < -0.4 is 15.2 Å². The summed E-state index contributed by atoms with van der Waals surface area (Å²) in [5.74, 6) is 2.54. The monoisotopic (exact) mass is 273 g/mol. The first-order valence-corrected chi connectivity index (χ1v) is 6.52. The first-order valence-electron chi connectivity index (χ1n) is 6.52. The molecule has 5 nitrogen and oxygen atoms in total. The summed E-state index contributed by atoms with van der Waals surface area (Å²) in [4.78, 5) is 8.56. The second kappa shape index (κ2) is 6.23. The summed E-state index contributed by atoms with van der Waals surface area (Å²) in [6, 6.07) is 7.72. The Morgan fingerprint density at radius 3 is 2.45 bits per heavy atom. The lowest BCUT2D eigenvalue weighted by Gasteiger charge is -2.11. The third kappa shape index (κ3) is 3.17. The standard InChI is InChI=1S/C15H19N3O2/c1-4-13-17-14(16)10(2)15(18-13)20-9-11-5-7-12(19-3)8-6-11/h5-8H,4,9H2,1-3H3,(H2,16,17,18). The number of nitrogens with two attached hydrogens (primary N) is 1. The minimum atomic E-state index is 0.435. The average Bonchev–Trinajstić information content (AvgIpc) is 2.49. The zero-order valence-corrected chi connectivity index (χ0v) is 12.0. The Hall–Kier alpha value is -2.30. The molecule has 2 N–H and O–H groups in total. The number of methoxy groups -OCH3 is 1. The predicted molar refractivity (Wildman–Crippen MR) is 77.9 cm³/mol. The third-order valence-corrected chi connectivity index (χ3v) is 3.04. The molecule has 106 valence electrons. The van der Waals surface area contributed by atoms with Crippen molar-refractivity contribution in [1.82, 2.24) is 9.97 Å². The van der Waals surface area contributed by atoms with Crippen molar-refractivity contribution >= 4 is 5.82 Å². The molecule has 0 bridgehead atoms. The molecule has 20 heavy (non-hydrogen) atoms. The van der Waals surface area contributed by atoms with Crippen LogP contribution in [0, 0.1) is 6.92 Å². The molecule has 0 aliphatic carbocycles. The van der Waals surface area contributed by atoms with Crippen LogP contribution in [0.2, 0.25) is 0 Å². The molecule has 0 aliphatic rings. The Morgan fingerprint density at radius 2 is 1.85 bits per heavy atom. The molecule has 0 saturated heterocycles. The maximum atomic E-state index is 5.86. The van der Waals surface area contributed by atoms with E-state index >= 15 is 0 Å². The van der Waals surface area contributed by atoms with Gasteiger partial charge in [0, 0.05) is 6.42 Å². The third-order valence-electron chi connectivity index (χ3n) is 3.04. The summed E-state index contributed by atoms with van der Waals surface area (Å²) in [5, 5.41) is 0. The van der Waals surface area contributed by atoms with E-state index in [1.807, 2.05) is 38.1 Å². The molecular weight excluding hydrogens is 254 g/mol. The Bertz CT molecular complexity index is 582. The van der Waals surface area contributed by atoms with Crippen LogP contribution in [0.5, 0.6) is 11.6 Å². The van der Waals surface area contributed by atoms with E-state index in [9.17, 15) is 0 Å². The highest BCUT2D eigenvalue weighted by Gasteiger charge is 2.09. The van der Waals surface area contributed by atoms with Crippen LogP contribution in [0.25, 0.3) is 0 Å². The molecule has 1 aromatic carbocycles. The second-order valence-electron chi connectivity index (χ2n) is 4.45. The molecule has 2 aromatic rings. The van der Waals surface area contributed by atoms with Gasteiger partial charge >= 0.3 is 0 Å². The minimum Gasteiger partial charge on any atom is -0.497 e. The summed E-state index contributed by atoms with van der Waals surface area (Å²) in [5.41, 5.74) is 7.67. The highest BCUT2D eigenvalue weighted by Crippen LogP contribution is 2.21. The largest absolute Gasteiger partial charge is 0.497 e. The summed E-state index contributed by atoms with van der Waals surface area (Å²) >= 11 is 0. The van der Waals surface area contributed by atoms with E-state index in [4.69, 9.17) is 15.2 Å². The van der Waals surface area contributed by atoms with E-state index in [-0.39, 0.29) is 0 Å². The second-order valence-corrected chi connectivity index (χ2v) is 4.45. The van der Waals surface area contributed by atoms with Gasteiger partial charge in [0.05, 0.1) is 12.7 Å². The smallest absolute Gasteiger partial charge is 0.222 e. The van der Waals surface area contributed by atoms with Gasteiger partial charge < -0.3 is 15.2 Å². The molecule has 0 atom stereocenters. The van der Waals surface area contributed by atoms with Crippen LogP contribution in [0.3, 0.4) is 0 Å². The lowest BCUT2D eigenvalue weighted by atomic mass is 10.2. The number of hydrogen-bond acceptors (Lipinski definition) is 5. The van der Waals surface area contributed by atoms with Crippen molar-refractivity contribution in [2.24, 2.45) is 0 Å². The molecule has 1 heterocycles. The zero-order valence-electron chi connectivity index (χ0n) is 12.0. The van der Waals surface area contributed by atoms with E-state index < -0.39 is 0 Å². The number of aromatic nitrogens is 2. The normalized spacial score (nSPS) is 10.3. The lowest BCUT2D eigenvalue weighted by Crippen LogP contribution is -2.06. The Kier molecular flexibility index (Phi) is 4.40. The number of nitrogens with zero attached hydrogens (tertiary/aromatic N) is 2. The molecule has 0 fully saturated rings. The van der Waals surface area contributed by atoms with Gasteiger partial charge in [-0.25, -0.2) is 4.98 Å². The van der Waals surface area contributed by atoms with Gasteiger partial charge in [0.2, 0.25) is 5.88 Å². The maximum Gasteiger partial charge on any atom is 0.222 e. The minimum absolute atomic E-state index is 0.435. The van der Waals surface area contributed by atoms with Gasteiger partial charge in [0.25, 0.3) is 0 Å². The average molecular weight is 273 g/mol. The fourth-order valence-electron chi connectivity index (χ4n) is 1.73. The predicted octanol–water partition coefficient (Wildman–Crippen LogP) is 2.52. The molecule has 1 aromatic heterocycles. The van der Waals surface area contributed by atoms with Gasteiger partial charge in [0.15, 0.2) is 0 Å². The number of rotatable bonds is 5. The molecule has 5 heteroatoms. The van der Waals surface area contributed by atoms with Gasteiger partial charge in [-0.3, -0.25) is 0 Å². The summed E-state index contributed by atoms with van der Waals surface area (Å²) in [6.07, 6.45) is 0.726. The molecule has 0 spiro atoms. The van der Waals surface area contributed by atoms with Crippen LogP contribution in [0.15, 0.2) is 24.3 Å². The summed E-state index contributed by atoms with van der Waals surface area (Å²) in [6.45, 7) is 4.28. The van der Waals surface area contributed by atoms with E-state index in [1.54, 1.807) is 7.11 Å². The summed E-state index contributed by atoms with van der Waals surface area (Å²) in [7, 11) is 1.64.